The van der Waals surface area contributed by atoms with Crippen molar-refractivity contribution in [2.24, 2.45) is 5.92 Å². The number of piperidine rings is 1. The molecule has 2 heterocycles. The van der Waals surface area contributed by atoms with E-state index in [4.69, 9.17) is 0 Å². The van der Waals surface area contributed by atoms with Gasteiger partial charge in [0, 0.05) is 17.6 Å². The fourth-order valence-corrected chi connectivity index (χ4v) is 3.13. The maximum Gasteiger partial charge on any atom is 0.107 e. The summed E-state index contributed by atoms with van der Waals surface area (Å²) in [6.45, 7) is 9.20. The van der Waals surface area contributed by atoms with Crippen LogP contribution >= 0.6 is 11.3 Å². The number of nitrogens with zero attached hydrogens (tertiary/aromatic N) is 2. The Labute approximate surface area is 115 Å². The summed E-state index contributed by atoms with van der Waals surface area (Å²) in [5.74, 6) is 0.783. The summed E-state index contributed by atoms with van der Waals surface area (Å²) in [4.78, 5) is 7.09. The third kappa shape index (κ3) is 4.34. The van der Waals surface area contributed by atoms with Crippen LogP contribution in [0, 0.1) is 5.92 Å². The normalized spacial score (nSPS) is 17.8. The van der Waals surface area contributed by atoms with Gasteiger partial charge in [-0.3, -0.25) is 4.90 Å². The summed E-state index contributed by atoms with van der Waals surface area (Å²) in [5, 5.41) is 6.80. The molecule has 1 saturated heterocycles. The SMILES string of the molecule is CC(C)CCN(Cc1nccs1)C1CCNCC1. The van der Waals surface area contributed by atoms with Crippen molar-refractivity contribution in [3.8, 4) is 0 Å². The predicted octanol–water partition coefficient (Wildman–Crippen LogP) is 2.74. The Morgan fingerprint density at radius 2 is 2.22 bits per heavy atom. The van der Waals surface area contributed by atoms with Crippen LogP contribution in [0.15, 0.2) is 11.6 Å². The monoisotopic (exact) mass is 267 g/mol. The van der Waals surface area contributed by atoms with E-state index in [-0.39, 0.29) is 0 Å². The van der Waals surface area contributed by atoms with Crippen LogP contribution in [0.2, 0.25) is 0 Å². The third-order valence-corrected chi connectivity index (χ3v) is 4.40. The molecule has 0 spiro atoms. The molecule has 102 valence electrons. The minimum Gasteiger partial charge on any atom is -0.317 e. The Hall–Kier alpha value is -0.450. The molecule has 1 aliphatic rings. The first-order valence-electron chi connectivity index (χ1n) is 7.09. The molecule has 4 heteroatoms. The van der Waals surface area contributed by atoms with E-state index in [0.717, 1.165) is 18.5 Å². The number of nitrogens with one attached hydrogen (secondary N) is 1. The zero-order valence-corrected chi connectivity index (χ0v) is 12.4. The standard InChI is InChI=1S/C14H25N3S/c1-12(2)5-9-17(11-14-16-8-10-18-14)13-3-6-15-7-4-13/h8,10,12-13,15H,3-7,9,11H2,1-2H3. The lowest BCUT2D eigenvalue weighted by molar-refractivity contribution is 0.146. The van der Waals surface area contributed by atoms with Gasteiger partial charge in [0.1, 0.15) is 5.01 Å². The highest BCUT2D eigenvalue weighted by Gasteiger charge is 2.21. The Kier molecular flexibility index (Phi) is 5.60. The van der Waals surface area contributed by atoms with Crippen LogP contribution < -0.4 is 5.32 Å². The molecule has 1 aliphatic heterocycles. The van der Waals surface area contributed by atoms with Crippen LogP contribution in [-0.4, -0.2) is 35.6 Å². The topological polar surface area (TPSA) is 28.2 Å². The largest absolute Gasteiger partial charge is 0.317 e. The second-order valence-electron chi connectivity index (χ2n) is 5.56. The summed E-state index contributed by atoms with van der Waals surface area (Å²) in [7, 11) is 0. The first-order valence-corrected chi connectivity index (χ1v) is 7.97. The van der Waals surface area contributed by atoms with Crippen molar-refractivity contribution in [2.75, 3.05) is 19.6 Å². The Morgan fingerprint density at radius 3 is 2.83 bits per heavy atom. The minimum atomic E-state index is 0.744. The molecule has 1 fully saturated rings. The summed E-state index contributed by atoms with van der Waals surface area (Å²) in [6, 6.07) is 0.744. The van der Waals surface area contributed by atoms with Gasteiger partial charge in [-0.25, -0.2) is 4.98 Å². The van der Waals surface area contributed by atoms with Crippen LogP contribution in [0.25, 0.3) is 0 Å². The lowest BCUT2D eigenvalue weighted by atomic mass is 10.0. The average molecular weight is 267 g/mol. The van der Waals surface area contributed by atoms with Crippen molar-refractivity contribution in [1.82, 2.24) is 15.2 Å². The van der Waals surface area contributed by atoms with Gasteiger partial charge in [0.2, 0.25) is 0 Å². The molecule has 0 aromatic carbocycles. The Morgan fingerprint density at radius 1 is 1.44 bits per heavy atom. The van der Waals surface area contributed by atoms with Crippen LogP contribution in [0.5, 0.6) is 0 Å². The Bertz CT molecular complexity index is 318. The van der Waals surface area contributed by atoms with Crippen LogP contribution in [0.3, 0.4) is 0 Å². The molecule has 0 radical (unpaired) electrons. The fraction of sp³-hybridized carbons (Fsp3) is 0.786. The Balaban J connectivity index is 1.92. The van der Waals surface area contributed by atoms with Gasteiger partial charge in [-0.05, 0) is 44.8 Å². The van der Waals surface area contributed by atoms with E-state index in [1.165, 1.54) is 43.9 Å². The third-order valence-electron chi connectivity index (χ3n) is 3.64. The van der Waals surface area contributed by atoms with Gasteiger partial charge >= 0.3 is 0 Å². The molecule has 1 aromatic rings. The maximum atomic E-state index is 4.44. The van der Waals surface area contributed by atoms with Crippen LogP contribution in [0.4, 0.5) is 0 Å². The van der Waals surface area contributed by atoms with E-state index < -0.39 is 0 Å². The van der Waals surface area contributed by atoms with Crippen molar-refractivity contribution in [2.45, 2.75) is 45.7 Å². The second-order valence-corrected chi connectivity index (χ2v) is 6.54. The molecule has 0 bridgehead atoms. The highest BCUT2D eigenvalue weighted by Crippen LogP contribution is 2.18. The maximum absolute atomic E-state index is 4.44. The van der Waals surface area contributed by atoms with Crippen molar-refractivity contribution < 1.29 is 0 Å². The number of rotatable bonds is 6. The van der Waals surface area contributed by atoms with Gasteiger partial charge in [-0.1, -0.05) is 13.8 Å². The average Bonchev–Trinajstić information content (AvgIpc) is 2.88. The molecule has 3 nitrogen and oxygen atoms in total. The van der Waals surface area contributed by atoms with Crippen molar-refractivity contribution in [1.29, 1.82) is 0 Å². The van der Waals surface area contributed by atoms with Crippen molar-refractivity contribution in [3.63, 3.8) is 0 Å². The number of hydrogen-bond donors (Lipinski definition) is 1. The predicted molar refractivity (Wildman–Crippen MR) is 77.9 cm³/mol. The molecule has 0 aliphatic carbocycles. The lowest BCUT2D eigenvalue weighted by Gasteiger charge is -2.34. The van der Waals surface area contributed by atoms with Crippen molar-refractivity contribution in [3.05, 3.63) is 16.6 Å². The van der Waals surface area contributed by atoms with E-state index >= 15 is 0 Å². The zero-order valence-electron chi connectivity index (χ0n) is 11.6. The van der Waals surface area contributed by atoms with E-state index in [9.17, 15) is 0 Å². The first-order chi connectivity index (χ1) is 8.75. The van der Waals surface area contributed by atoms with Crippen LogP contribution in [0.1, 0.15) is 38.1 Å². The van der Waals surface area contributed by atoms with Gasteiger partial charge in [0.25, 0.3) is 0 Å². The lowest BCUT2D eigenvalue weighted by Crippen LogP contribution is -2.43. The highest BCUT2D eigenvalue weighted by atomic mass is 32.1. The van der Waals surface area contributed by atoms with Gasteiger partial charge < -0.3 is 5.32 Å². The molecule has 1 N–H and O–H groups in total. The quantitative estimate of drug-likeness (QED) is 0.859. The summed E-state index contributed by atoms with van der Waals surface area (Å²) in [6.07, 6.45) is 5.77. The van der Waals surface area contributed by atoms with E-state index in [1.807, 2.05) is 6.20 Å². The molecule has 0 unspecified atom stereocenters. The van der Waals surface area contributed by atoms with E-state index in [0.29, 0.717) is 0 Å². The molecule has 2 rings (SSSR count). The van der Waals surface area contributed by atoms with Gasteiger partial charge in [0.15, 0.2) is 0 Å². The number of aromatic nitrogens is 1. The number of hydrogen-bond acceptors (Lipinski definition) is 4. The molecule has 0 saturated carbocycles. The van der Waals surface area contributed by atoms with Gasteiger partial charge in [-0.2, -0.15) is 0 Å². The zero-order chi connectivity index (χ0) is 12.8. The molecular weight excluding hydrogens is 242 g/mol. The molecule has 18 heavy (non-hydrogen) atoms. The fourth-order valence-electron chi connectivity index (χ4n) is 2.49. The first kappa shape index (κ1) is 14.0. The minimum absolute atomic E-state index is 0.744. The molecule has 1 aromatic heterocycles. The second kappa shape index (κ2) is 7.22. The summed E-state index contributed by atoms with van der Waals surface area (Å²) >= 11 is 1.78. The van der Waals surface area contributed by atoms with Crippen LogP contribution in [-0.2, 0) is 6.54 Å². The van der Waals surface area contributed by atoms with Gasteiger partial charge in [-0.15, -0.1) is 11.3 Å². The van der Waals surface area contributed by atoms with E-state index in [2.05, 4.69) is 34.4 Å². The van der Waals surface area contributed by atoms with E-state index in [1.54, 1.807) is 11.3 Å². The molecule has 0 atom stereocenters. The summed E-state index contributed by atoms with van der Waals surface area (Å²) < 4.78 is 0. The summed E-state index contributed by atoms with van der Waals surface area (Å²) in [5.41, 5.74) is 0. The smallest absolute Gasteiger partial charge is 0.107 e. The van der Waals surface area contributed by atoms with Crippen molar-refractivity contribution >= 4 is 11.3 Å². The molecular formula is C14H25N3S. The van der Waals surface area contributed by atoms with Gasteiger partial charge in [0.05, 0.1) is 6.54 Å². The number of thiazole rings is 1. The highest BCUT2D eigenvalue weighted by molar-refractivity contribution is 7.09. The molecule has 0 amide bonds.